The molecule has 0 atom stereocenters. The number of fused-ring (bicyclic) bond motifs is 1. The Morgan fingerprint density at radius 2 is 1.74 bits per heavy atom. The highest BCUT2D eigenvalue weighted by Crippen LogP contribution is 2.24. The number of hydrogen-bond acceptors (Lipinski definition) is 4. The van der Waals surface area contributed by atoms with E-state index in [9.17, 15) is 19.2 Å². The molecule has 0 unspecified atom stereocenters. The van der Waals surface area contributed by atoms with Crippen molar-refractivity contribution in [3.8, 4) is 0 Å². The molecule has 2 N–H and O–H groups in total. The number of carbonyl (C=O) groups excluding carboxylic acids is 2. The summed E-state index contributed by atoms with van der Waals surface area (Å²) in [4.78, 5) is 51.9. The van der Waals surface area contributed by atoms with Gasteiger partial charge in [-0.25, -0.2) is 4.68 Å². The first kappa shape index (κ1) is 20.9. The topological polar surface area (TPSA) is 104 Å². The number of halogens is 1. The molecule has 0 aliphatic carbocycles. The van der Waals surface area contributed by atoms with Crippen molar-refractivity contribution in [1.82, 2.24) is 14.7 Å². The molecule has 2 aromatic carbocycles. The van der Waals surface area contributed by atoms with Gasteiger partial charge in [-0.1, -0.05) is 23.7 Å². The molecule has 8 nitrogen and oxygen atoms in total. The number of hydrogen-bond donors (Lipinski definition) is 2. The van der Waals surface area contributed by atoms with E-state index >= 15 is 0 Å². The Labute approximate surface area is 182 Å². The molecule has 1 saturated heterocycles. The lowest BCUT2D eigenvalue weighted by atomic mass is 10.1. The van der Waals surface area contributed by atoms with Crippen LogP contribution in [-0.4, -0.2) is 39.6 Å². The molecule has 0 spiro atoms. The molecule has 1 aromatic heterocycles. The summed E-state index contributed by atoms with van der Waals surface area (Å²) in [5.41, 5.74) is -0.0733. The van der Waals surface area contributed by atoms with Crippen LogP contribution >= 0.6 is 11.6 Å². The molecular weight excluding hydrogens is 420 g/mol. The van der Waals surface area contributed by atoms with Crippen LogP contribution in [0.3, 0.4) is 0 Å². The van der Waals surface area contributed by atoms with Crippen molar-refractivity contribution in [1.29, 1.82) is 0 Å². The Hall–Kier alpha value is -3.39. The van der Waals surface area contributed by atoms with Gasteiger partial charge in [0.2, 0.25) is 5.91 Å². The summed E-state index contributed by atoms with van der Waals surface area (Å²) in [5.74, 6) is -0.566. The third kappa shape index (κ3) is 4.39. The van der Waals surface area contributed by atoms with Gasteiger partial charge in [-0.2, -0.15) is 0 Å². The van der Waals surface area contributed by atoms with Crippen molar-refractivity contribution in [2.24, 2.45) is 0 Å². The number of anilines is 1. The number of nitrogens with zero attached hydrogens (tertiary/aromatic N) is 2. The van der Waals surface area contributed by atoms with Crippen molar-refractivity contribution in [2.45, 2.75) is 25.8 Å². The van der Waals surface area contributed by atoms with Gasteiger partial charge in [0, 0.05) is 24.5 Å². The van der Waals surface area contributed by atoms with Crippen molar-refractivity contribution < 1.29 is 9.59 Å². The predicted octanol–water partition coefficient (Wildman–Crippen LogP) is 2.61. The molecular formula is C22H21ClN4O4. The van der Waals surface area contributed by atoms with Crippen LogP contribution in [0.5, 0.6) is 0 Å². The molecule has 4 rings (SSSR count). The van der Waals surface area contributed by atoms with Gasteiger partial charge in [0.1, 0.15) is 0 Å². The Morgan fingerprint density at radius 1 is 1.03 bits per heavy atom. The fraction of sp³-hybridized carbons (Fsp3) is 0.273. The molecule has 9 heteroatoms. The van der Waals surface area contributed by atoms with Crippen LogP contribution in [0.15, 0.2) is 52.1 Å². The number of H-pyrrole nitrogens is 1. The number of carbonyl (C=O) groups is 2. The molecule has 2 amide bonds. The van der Waals surface area contributed by atoms with Crippen molar-refractivity contribution in [3.05, 3.63) is 73.8 Å². The molecule has 0 radical (unpaired) electrons. The molecule has 0 bridgehead atoms. The van der Waals surface area contributed by atoms with Crippen LogP contribution in [0.2, 0.25) is 5.02 Å². The highest BCUT2D eigenvalue weighted by Gasteiger charge is 2.23. The van der Waals surface area contributed by atoms with E-state index in [1.165, 1.54) is 0 Å². The number of aromatic nitrogens is 2. The minimum atomic E-state index is -0.396. The maximum absolute atomic E-state index is 12.8. The van der Waals surface area contributed by atoms with Crippen LogP contribution in [0.4, 0.5) is 5.69 Å². The van der Waals surface area contributed by atoms with Gasteiger partial charge in [-0.3, -0.25) is 24.3 Å². The van der Waals surface area contributed by atoms with Crippen LogP contribution in [0.25, 0.3) is 10.8 Å². The average molecular weight is 441 g/mol. The summed E-state index contributed by atoms with van der Waals surface area (Å²) in [6.45, 7) is 1.35. The number of amides is 2. The summed E-state index contributed by atoms with van der Waals surface area (Å²) in [7, 11) is 0. The molecule has 3 aromatic rings. The van der Waals surface area contributed by atoms with Gasteiger partial charge < -0.3 is 10.2 Å². The van der Waals surface area contributed by atoms with E-state index in [1.807, 2.05) is 0 Å². The summed E-state index contributed by atoms with van der Waals surface area (Å²) >= 11 is 6.07. The zero-order valence-electron chi connectivity index (χ0n) is 16.7. The summed E-state index contributed by atoms with van der Waals surface area (Å²) in [6.07, 6.45) is 1.84. The maximum Gasteiger partial charge on any atom is 0.273 e. The molecule has 0 saturated carbocycles. The normalized spacial score (nSPS) is 13.5. The second-order valence-electron chi connectivity index (χ2n) is 7.43. The molecule has 31 heavy (non-hydrogen) atoms. The molecule has 1 aliphatic rings. The van der Waals surface area contributed by atoms with E-state index < -0.39 is 11.5 Å². The van der Waals surface area contributed by atoms with Crippen LogP contribution in [0, 0.1) is 0 Å². The van der Waals surface area contributed by atoms with E-state index in [1.54, 1.807) is 47.4 Å². The van der Waals surface area contributed by atoms with E-state index in [0.717, 1.165) is 17.5 Å². The van der Waals surface area contributed by atoms with Gasteiger partial charge in [0.25, 0.3) is 17.0 Å². The fourth-order valence-electron chi connectivity index (χ4n) is 3.72. The van der Waals surface area contributed by atoms with Gasteiger partial charge in [-0.15, -0.1) is 0 Å². The first-order valence-electron chi connectivity index (χ1n) is 10.0. The van der Waals surface area contributed by atoms with Crippen LogP contribution in [-0.2, 0) is 11.3 Å². The van der Waals surface area contributed by atoms with Gasteiger partial charge in [0.15, 0.2) is 0 Å². The first-order valence-corrected chi connectivity index (χ1v) is 10.4. The number of aromatic amines is 1. The first-order chi connectivity index (χ1) is 14.9. The van der Waals surface area contributed by atoms with Crippen LogP contribution < -0.4 is 16.4 Å². The number of aryl methyl sites for hydroxylation is 1. The van der Waals surface area contributed by atoms with Crippen molar-refractivity contribution >= 4 is 39.9 Å². The number of likely N-dealkylation sites (tertiary alicyclic amines) is 1. The van der Waals surface area contributed by atoms with Gasteiger partial charge >= 0.3 is 0 Å². The second-order valence-corrected chi connectivity index (χ2v) is 7.87. The van der Waals surface area contributed by atoms with Crippen molar-refractivity contribution in [3.63, 3.8) is 0 Å². The Bertz CT molecular complexity index is 1270. The quantitative estimate of drug-likeness (QED) is 0.636. The largest absolute Gasteiger partial charge is 0.339 e. The minimum absolute atomic E-state index is 0.00621. The summed E-state index contributed by atoms with van der Waals surface area (Å²) < 4.78 is 1.13. The zero-order valence-corrected chi connectivity index (χ0v) is 17.4. The Balaban J connectivity index is 1.51. The SMILES string of the molecule is O=C(CCn1[nH]c(=O)c2ccccc2c1=O)Nc1ccc(Cl)cc1C(=O)N1CCCC1. The van der Waals surface area contributed by atoms with E-state index in [0.29, 0.717) is 40.1 Å². The molecule has 2 heterocycles. The summed E-state index contributed by atoms with van der Waals surface area (Å²) in [6, 6.07) is 11.3. The monoisotopic (exact) mass is 440 g/mol. The van der Waals surface area contributed by atoms with E-state index in [-0.39, 0.29) is 24.4 Å². The Morgan fingerprint density at radius 3 is 2.48 bits per heavy atom. The third-order valence-corrected chi connectivity index (χ3v) is 5.56. The maximum atomic E-state index is 12.8. The Kier molecular flexibility index (Phi) is 5.90. The molecule has 1 fully saturated rings. The second kappa shape index (κ2) is 8.77. The predicted molar refractivity (Wildman–Crippen MR) is 119 cm³/mol. The standard InChI is InChI=1S/C22H21ClN4O4/c23-14-7-8-18(17(13-14)21(30)26-10-3-4-11-26)24-19(28)9-12-27-22(31)16-6-2-1-5-15(16)20(29)25-27/h1-2,5-8,13H,3-4,9-12H2,(H,24,28)(H,25,29). The third-order valence-electron chi connectivity index (χ3n) is 5.33. The fourth-order valence-corrected chi connectivity index (χ4v) is 3.90. The van der Waals surface area contributed by atoms with E-state index in [2.05, 4.69) is 10.4 Å². The molecule has 1 aliphatic heterocycles. The van der Waals surface area contributed by atoms with Crippen LogP contribution in [0.1, 0.15) is 29.6 Å². The minimum Gasteiger partial charge on any atom is -0.339 e. The van der Waals surface area contributed by atoms with Gasteiger partial charge in [0.05, 0.1) is 28.6 Å². The lowest BCUT2D eigenvalue weighted by Gasteiger charge is -2.18. The van der Waals surface area contributed by atoms with Crippen molar-refractivity contribution in [2.75, 3.05) is 18.4 Å². The lowest BCUT2D eigenvalue weighted by Crippen LogP contribution is -2.31. The lowest BCUT2D eigenvalue weighted by molar-refractivity contribution is -0.116. The smallest absolute Gasteiger partial charge is 0.273 e. The highest BCUT2D eigenvalue weighted by atomic mass is 35.5. The number of rotatable bonds is 5. The zero-order chi connectivity index (χ0) is 22.0. The average Bonchev–Trinajstić information content (AvgIpc) is 3.31. The van der Waals surface area contributed by atoms with E-state index in [4.69, 9.17) is 11.6 Å². The highest BCUT2D eigenvalue weighted by molar-refractivity contribution is 6.31. The van der Waals surface area contributed by atoms with Gasteiger partial charge in [-0.05, 0) is 43.2 Å². The number of nitrogens with one attached hydrogen (secondary N) is 2. The molecule has 160 valence electrons. The number of benzene rings is 2. The summed E-state index contributed by atoms with van der Waals surface area (Å²) in [5, 5.41) is 6.24.